The van der Waals surface area contributed by atoms with Crippen molar-refractivity contribution in [2.75, 3.05) is 18.5 Å². The van der Waals surface area contributed by atoms with Crippen molar-refractivity contribution in [2.45, 2.75) is 27.0 Å². The summed E-state index contributed by atoms with van der Waals surface area (Å²) in [5.41, 5.74) is -0.419. The second-order valence-electron chi connectivity index (χ2n) is 5.20. The van der Waals surface area contributed by atoms with Crippen LogP contribution in [0.4, 0.5) is 5.82 Å². The lowest BCUT2D eigenvalue weighted by Crippen LogP contribution is -2.29. The summed E-state index contributed by atoms with van der Waals surface area (Å²) in [6, 6.07) is 9.92. The highest BCUT2D eigenvalue weighted by Gasteiger charge is 2.28. The van der Waals surface area contributed by atoms with Gasteiger partial charge in [-0.3, -0.25) is 4.57 Å². The molecule has 9 heteroatoms. The van der Waals surface area contributed by atoms with Crippen LogP contribution in [0.5, 0.6) is 0 Å². The van der Waals surface area contributed by atoms with Crippen LogP contribution in [0.1, 0.15) is 6.23 Å². The first-order valence-corrected chi connectivity index (χ1v) is 9.15. The maximum atomic E-state index is 12.2. The molecule has 2 atom stereocenters. The minimum absolute atomic E-state index is 0.0787. The van der Waals surface area contributed by atoms with Gasteiger partial charge in [0.25, 0.3) is 0 Å². The molecule has 24 heavy (non-hydrogen) atoms. The van der Waals surface area contributed by atoms with Crippen LogP contribution in [0, 0.1) is 0 Å². The van der Waals surface area contributed by atoms with E-state index in [9.17, 15) is 4.79 Å². The van der Waals surface area contributed by atoms with Crippen molar-refractivity contribution in [3.8, 4) is 0 Å². The highest BCUT2D eigenvalue weighted by atomic mass is 32.2. The zero-order valence-electron chi connectivity index (χ0n) is 12.5. The van der Waals surface area contributed by atoms with Crippen molar-refractivity contribution < 1.29 is 14.6 Å². The monoisotopic (exact) mass is 365 g/mol. The van der Waals surface area contributed by atoms with E-state index < -0.39 is 18.2 Å². The summed E-state index contributed by atoms with van der Waals surface area (Å²) in [5.74, 6) is 0.520. The van der Waals surface area contributed by atoms with Crippen molar-refractivity contribution >= 4 is 29.3 Å². The number of aromatic nitrogens is 2. The topological polar surface area (TPSA) is 85.6 Å². The van der Waals surface area contributed by atoms with E-state index in [1.165, 1.54) is 14.4 Å². The Labute approximate surface area is 146 Å². The number of aliphatic hydroxyl groups excluding tert-OH is 1. The van der Waals surface area contributed by atoms with Gasteiger partial charge in [0.05, 0.1) is 13.2 Å². The number of rotatable bonds is 4. The van der Waals surface area contributed by atoms with Crippen LogP contribution in [0.2, 0.25) is 0 Å². The summed E-state index contributed by atoms with van der Waals surface area (Å²) in [4.78, 5) is 18.7. The molecular weight excluding hydrogens is 350 g/mol. The first kappa shape index (κ1) is 16.0. The molecule has 1 fully saturated rings. The average Bonchev–Trinajstić information content (AvgIpc) is 3.20. The fraction of sp³-hybridized carbons (Fsp3) is 0.333. The Morgan fingerprint density at radius 1 is 1.29 bits per heavy atom. The zero-order valence-corrected chi connectivity index (χ0v) is 14.1. The average molecular weight is 365 g/mol. The molecule has 0 saturated carbocycles. The first-order chi connectivity index (χ1) is 11.7. The molecule has 0 bridgehead atoms. The third-order valence-electron chi connectivity index (χ3n) is 3.61. The summed E-state index contributed by atoms with van der Waals surface area (Å²) in [7, 11) is 0. The molecule has 1 aromatic carbocycles. The number of ether oxygens (including phenoxy) is 2. The number of nitrogens with one attached hydrogen (secondary N) is 1. The summed E-state index contributed by atoms with van der Waals surface area (Å²) >= 11 is 3.40. The van der Waals surface area contributed by atoms with Crippen molar-refractivity contribution in [1.82, 2.24) is 9.55 Å². The van der Waals surface area contributed by atoms with Crippen LogP contribution in [0.15, 0.2) is 51.1 Å². The Kier molecular flexibility index (Phi) is 4.51. The number of nitrogens with zero attached hydrogens (tertiary/aromatic N) is 2. The van der Waals surface area contributed by atoms with E-state index in [1.807, 2.05) is 12.1 Å². The molecule has 4 rings (SSSR count). The fourth-order valence-electron chi connectivity index (χ4n) is 2.48. The summed E-state index contributed by atoms with van der Waals surface area (Å²) in [6.45, 7) is -0.0295. The SMILES string of the molecule is O=c1nc(NC2Sc3ccccc3S2)ccn1[C@@H]1CO[C@H](CO)O1. The number of thioether (sulfide) groups is 2. The lowest BCUT2D eigenvalue weighted by molar-refractivity contribution is -0.0992. The van der Waals surface area contributed by atoms with Crippen LogP contribution >= 0.6 is 23.5 Å². The van der Waals surface area contributed by atoms with E-state index in [4.69, 9.17) is 14.6 Å². The lowest BCUT2D eigenvalue weighted by Gasteiger charge is -2.14. The van der Waals surface area contributed by atoms with Gasteiger partial charge in [0.15, 0.2) is 12.5 Å². The number of anilines is 1. The number of hydrogen-bond acceptors (Lipinski definition) is 8. The third kappa shape index (κ3) is 3.17. The van der Waals surface area contributed by atoms with Crippen LogP contribution < -0.4 is 11.0 Å². The predicted molar refractivity (Wildman–Crippen MR) is 91.0 cm³/mol. The second-order valence-corrected chi connectivity index (χ2v) is 7.79. The number of fused-ring (bicyclic) bond motifs is 1. The van der Waals surface area contributed by atoms with E-state index in [1.54, 1.807) is 35.8 Å². The molecule has 2 aromatic rings. The Bertz CT molecular complexity index is 775. The van der Waals surface area contributed by atoms with E-state index >= 15 is 0 Å². The molecular formula is C15H15N3O4S2. The Morgan fingerprint density at radius 2 is 2.04 bits per heavy atom. The molecule has 0 spiro atoms. The van der Waals surface area contributed by atoms with Crippen molar-refractivity contribution in [3.05, 3.63) is 47.0 Å². The van der Waals surface area contributed by atoms with Crippen molar-refractivity contribution in [1.29, 1.82) is 0 Å². The Hall–Kier alpha value is -1.52. The van der Waals surface area contributed by atoms with Gasteiger partial charge >= 0.3 is 5.69 Å². The van der Waals surface area contributed by atoms with Gasteiger partial charge in [0.2, 0.25) is 0 Å². The van der Waals surface area contributed by atoms with Gasteiger partial charge in [0.1, 0.15) is 10.5 Å². The molecule has 1 aromatic heterocycles. The molecule has 0 amide bonds. The van der Waals surface area contributed by atoms with Gasteiger partial charge in [-0.1, -0.05) is 35.7 Å². The van der Waals surface area contributed by atoms with Crippen LogP contribution in [-0.2, 0) is 9.47 Å². The van der Waals surface area contributed by atoms with Crippen LogP contribution in [0.3, 0.4) is 0 Å². The number of aliphatic hydroxyl groups is 1. The molecule has 0 unspecified atom stereocenters. The van der Waals surface area contributed by atoms with Gasteiger partial charge in [-0.2, -0.15) is 4.98 Å². The predicted octanol–water partition coefficient (Wildman–Crippen LogP) is 1.70. The van der Waals surface area contributed by atoms with Crippen molar-refractivity contribution in [2.24, 2.45) is 0 Å². The Balaban J connectivity index is 1.45. The van der Waals surface area contributed by atoms with Gasteiger partial charge in [0, 0.05) is 16.0 Å². The summed E-state index contributed by atoms with van der Waals surface area (Å²) < 4.78 is 12.1. The minimum atomic E-state index is -0.690. The largest absolute Gasteiger partial charge is 0.391 e. The highest BCUT2D eigenvalue weighted by Crippen LogP contribution is 2.47. The maximum Gasteiger partial charge on any atom is 0.351 e. The van der Waals surface area contributed by atoms with Gasteiger partial charge in [-0.05, 0) is 18.2 Å². The lowest BCUT2D eigenvalue weighted by atomic mass is 10.4. The van der Waals surface area contributed by atoms with Gasteiger partial charge in [-0.15, -0.1) is 0 Å². The standard InChI is InChI=1S/C15H15N3O4S2/c19-7-13-21-8-12(22-13)18-6-5-11(16-14(18)20)17-15-23-9-3-1-2-4-10(9)24-15/h1-6,12-13,15,19H,7-8H2,(H,16,17,20)/t12-,13-/m0/s1. The molecule has 2 aliphatic rings. The normalized spacial score (nSPS) is 23.4. The molecule has 3 heterocycles. The molecule has 126 valence electrons. The molecule has 2 aliphatic heterocycles. The maximum absolute atomic E-state index is 12.2. The second kappa shape index (κ2) is 6.77. The van der Waals surface area contributed by atoms with Crippen LogP contribution in [-0.4, -0.2) is 38.9 Å². The van der Waals surface area contributed by atoms with Gasteiger partial charge < -0.3 is 19.9 Å². The van der Waals surface area contributed by atoms with E-state index in [-0.39, 0.29) is 17.9 Å². The van der Waals surface area contributed by atoms with E-state index in [0.717, 1.165) is 0 Å². The van der Waals surface area contributed by atoms with Gasteiger partial charge in [-0.25, -0.2) is 4.79 Å². The Morgan fingerprint density at radius 3 is 2.67 bits per heavy atom. The molecule has 1 saturated heterocycles. The third-order valence-corrected chi connectivity index (χ3v) is 6.20. The van der Waals surface area contributed by atoms with Crippen molar-refractivity contribution in [3.63, 3.8) is 0 Å². The minimum Gasteiger partial charge on any atom is -0.391 e. The summed E-state index contributed by atoms with van der Waals surface area (Å²) in [6.07, 6.45) is 0.378. The molecule has 0 radical (unpaired) electrons. The number of benzene rings is 1. The van der Waals surface area contributed by atoms with Crippen LogP contribution in [0.25, 0.3) is 0 Å². The quantitative estimate of drug-likeness (QED) is 0.847. The van der Waals surface area contributed by atoms with E-state index in [2.05, 4.69) is 22.4 Å². The van der Waals surface area contributed by atoms with E-state index in [0.29, 0.717) is 5.82 Å². The zero-order chi connectivity index (χ0) is 16.5. The smallest absolute Gasteiger partial charge is 0.351 e. The summed E-state index contributed by atoms with van der Waals surface area (Å²) in [5, 5.41) is 12.3. The molecule has 0 aliphatic carbocycles. The number of hydrogen-bond donors (Lipinski definition) is 2. The highest BCUT2D eigenvalue weighted by molar-refractivity contribution is 8.19. The fourth-order valence-corrected chi connectivity index (χ4v) is 5.08. The first-order valence-electron chi connectivity index (χ1n) is 7.39. The molecule has 7 nitrogen and oxygen atoms in total. The molecule has 2 N–H and O–H groups in total.